The van der Waals surface area contributed by atoms with Crippen molar-refractivity contribution >= 4 is 11.9 Å². The van der Waals surface area contributed by atoms with E-state index in [2.05, 4.69) is 13.8 Å². The number of rotatable bonds is 3. The molecule has 4 nitrogen and oxygen atoms in total. The Kier molecular flexibility index (Phi) is 4.42. The molecule has 0 aliphatic carbocycles. The first-order valence-electron chi connectivity index (χ1n) is 7.12. The van der Waals surface area contributed by atoms with Crippen molar-refractivity contribution in [3.05, 3.63) is 35.4 Å². The van der Waals surface area contributed by atoms with Gasteiger partial charge in [-0.05, 0) is 50.8 Å². The van der Waals surface area contributed by atoms with Gasteiger partial charge in [0.15, 0.2) is 0 Å². The summed E-state index contributed by atoms with van der Waals surface area (Å²) in [4.78, 5) is 25.4. The third-order valence-electron chi connectivity index (χ3n) is 4.01. The Balaban J connectivity index is 2.10. The molecule has 1 fully saturated rings. The number of hydrogen-bond donors (Lipinski definition) is 1. The zero-order valence-corrected chi connectivity index (χ0v) is 12.0. The van der Waals surface area contributed by atoms with Gasteiger partial charge in [0.25, 0.3) is 0 Å². The van der Waals surface area contributed by atoms with E-state index in [4.69, 9.17) is 5.11 Å². The molecular weight excluding hydrogens is 254 g/mol. The molecule has 1 amide bonds. The summed E-state index contributed by atoms with van der Waals surface area (Å²) in [6.07, 6.45) is 3.53. The topological polar surface area (TPSA) is 57.6 Å². The van der Waals surface area contributed by atoms with E-state index in [-0.39, 0.29) is 30.0 Å². The van der Waals surface area contributed by atoms with Gasteiger partial charge in [0.05, 0.1) is 12.0 Å². The van der Waals surface area contributed by atoms with E-state index in [1.807, 2.05) is 11.0 Å². The van der Waals surface area contributed by atoms with Gasteiger partial charge in [0.1, 0.15) is 0 Å². The number of carboxylic acid groups (broad SMARTS) is 1. The Bertz CT molecular complexity index is 502. The number of nitrogens with zero attached hydrogens (tertiary/aromatic N) is 1. The van der Waals surface area contributed by atoms with Gasteiger partial charge in [-0.2, -0.15) is 0 Å². The van der Waals surface area contributed by atoms with E-state index in [1.165, 1.54) is 6.42 Å². The lowest BCUT2D eigenvalue weighted by atomic mass is 9.96. The molecule has 0 radical (unpaired) electrons. The van der Waals surface area contributed by atoms with E-state index in [0.29, 0.717) is 0 Å². The lowest BCUT2D eigenvalue weighted by Gasteiger charge is -2.39. The molecule has 2 unspecified atom stereocenters. The minimum atomic E-state index is -0.959. The van der Waals surface area contributed by atoms with Crippen LogP contribution in [0.5, 0.6) is 0 Å². The van der Waals surface area contributed by atoms with Crippen molar-refractivity contribution in [3.63, 3.8) is 0 Å². The molecule has 1 aliphatic rings. The Morgan fingerprint density at radius 2 is 1.90 bits per heavy atom. The van der Waals surface area contributed by atoms with Gasteiger partial charge in [0, 0.05) is 12.1 Å². The first-order valence-corrected chi connectivity index (χ1v) is 7.12. The molecule has 108 valence electrons. The van der Waals surface area contributed by atoms with Crippen molar-refractivity contribution < 1.29 is 14.7 Å². The highest BCUT2D eigenvalue weighted by Gasteiger charge is 2.28. The fraction of sp³-hybridized carbons (Fsp3) is 0.500. The first-order chi connectivity index (χ1) is 9.49. The maximum Gasteiger partial charge on any atom is 0.335 e. The third kappa shape index (κ3) is 3.18. The Morgan fingerprint density at radius 3 is 2.50 bits per heavy atom. The van der Waals surface area contributed by atoms with Crippen LogP contribution in [0.1, 0.15) is 49.0 Å². The fourth-order valence-corrected chi connectivity index (χ4v) is 2.99. The largest absolute Gasteiger partial charge is 0.478 e. The molecule has 0 saturated carbocycles. The average molecular weight is 275 g/mol. The molecule has 4 heteroatoms. The van der Waals surface area contributed by atoms with Crippen molar-refractivity contribution in [2.24, 2.45) is 0 Å². The van der Waals surface area contributed by atoms with Crippen LogP contribution in [0, 0.1) is 0 Å². The second kappa shape index (κ2) is 6.07. The number of carbonyl (C=O) groups excluding carboxylic acids is 1. The fourth-order valence-electron chi connectivity index (χ4n) is 2.99. The van der Waals surface area contributed by atoms with Crippen LogP contribution in [0.2, 0.25) is 0 Å². The van der Waals surface area contributed by atoms with Crippen LogP contribution >= 0.6 is 0 Å². The van der Waals surface area contributed by atoms with Gasteiger partial charge in [-0.25, -0.2) is 4.79 Å². The molecule has 1 aromatic carbocycles. The minimum Gasteiger partial charge on any atom is -0.478 e. The molecular formula is C16H21NO3. The van der Waals surface area contributed by atoms with Gasteiger partial charge >= 0.3 is 5.97 Å². The number of benzene rings is 1. The summed E-state index contributed by atoms with van der Waals surface area (Å²) in [5.74, 6) is -0.869. The van der Waals surface area contributed by atoms with Crippen LogP contribution in [0.15, 0.2) is 24.3 Å². The number of piperidine rings is 1. The monoisotopic (exact) mass is 275 g/mol. The second-order valence-corrected chi connectivity index (χ2v) is 5.61. The number of carbonyl (C=O) groups is 2. The standard InChI is InChI=1S/C16H21NO3/c1-11-5-3-6-12(2)17(11)15(18)10-13-7-4-8-14(9-13)16(19)20/h4,7-9,11-12H,3,5-6,10H2,1-2H3,(H,19,20). The SMILES string of the molecule is CC1CCCC(C)N1C(=O)Cc1cccc(C(=O)O)c1. The van der Waals surface area contributed by atoms with Gasteiger partial charge in [-0.15, -0.1) is 0 Å². The maximum atomic E-state index is 12.4. The van der Waals surface area contributed by atoms with E-state index in [1.54, 1.807) is 18.2 Å². The summed E-state index contributed by atoms with van der Waals surface area (Å²) in [5.41, 5.74) is 0.995. The predicted molar refractivity (Wildman–Crippen MR) is 76.7 cm³/mol. The summed E-state index contributed by atoms with van der Waals surface area (Å²) in [5, 5.41) is 8.98. The molecule has 2 rings (SSSR count). The number of hydrogen-bond acceptors (Lipinski definition) is 2. The van der Waals surface area contributed by atoms with E-state index < -0.39 is 5.97 Å². The number of aromatic carboxylic acids is 1. The number of amides is 1. The zero-order valence-electron chi connectivity index (χ0n) is 12.0. The molecule has 1 aromatic rings. The van der Waals surface area contributed by atoms with Crippen LogP contribution in [-0.4, -0.2) is 34.0 Å². The molecule has 20 heavy (non-hydrogen) atoms. The van der Waals surface area contributed by atoms with Crippen molar-refractivity contribution in [3.8, 4) is 0 Å². The minimum absolute atomic E-state index is 0.0900. The van der Waals surface area contributed by atoms with Gasteiger partial charge in [-0.1, -0.05) is 12.1 Å². The molecule has 1 N–H and O–H groups in total. The van der Waals surface area contributed by atoms with E-state index in [9.17, 15) is 9.59 Å². The van der Waals surface area contributed by atoms with Crippen molar-refractivity contribution in [1.29, 1.82) is 0 Å². The van der Waals surface area contributed by atoms with Gasteiger partial charge < -0.3 is 10.0 Å². The number of likely N-dealkylation sites (tertiary alicyclic amines) is 1. The molecule has 0 bridgehead atoms. The van der Waals surface area contributed by atoms with Crippen LogP contribution < -0.4 is 0 Å². The second-order valence-electron chi connectivity index (χ2n) is 5.61. The smallest absolute Gasteiger partial charge is 0.335 e. The first kappa shape index (κ1) is 14.6. The van der Waals surface area contributed by atoms with Crippen molar-refractivity contribution in [2.75, 3.05) is 0 Å². The molecule has 0 spiro atoms. The number of carboxylic acids is 1. The average Bonchev–Trinajstić information content (AvgIpc) is 2.38. The molecule has 2 atom stereocenters. The molecule has 1 saturated heterocycles. The van der Waals surface area contributed by atoms with Crippen LogP contribution in [0.3, 0.4) is 0 Å². The molecule has 1 heterocycles. The van der Waals surface area contributed by atoms with Crippen LogP contribution in [0.25, 0.3) is 0 Å². The van der Waals surface area contributed by atoms with Crippen molar-refractivity contribution in [2.45, 2.75) is 51.6 Å². The van der Waals surface area contributed by atoms with Crippen molar-refractivity contribution in [1.82, 2.24) is 4.90 Å². The third-order valence-corrected chi connectivity index (χ3v) is 4.01. The summed E-state index contributed by atoms with van der Waals surface area (Å²) < 4.78 is 0. The van der Waals surface area contributed by atoms with E-state index in [0.717, 1.165) is 18.4 Å². The zero-order chi connectivity index (χ0) is 14.7. The van der Waals surface area contributed by atoms with Crippen LogP contribution in [0.4, 0.5) is 0 Å². The maximum absolute atomic E-state index is 12.4. The summed E-state index contributed by atoms with van der Waals surface area (Å²) in [6, 6.07) is 7.17. The van der Waals surface area contributed by atoms with Gasteiger partial charge in [0.2, 0.25) is 5.91 Å². The summed E-state index contributed by atoms with van der Waals surface area (Å²) >= 11 is 0. The highest BCUT2D eigenvalue weighted by molar-refractivity contribution is 5.88. The Labute approximate surface area is 119 Å². The Hall–Kier alpha value is -1.84. The van der Waals surface area contributed by atoms with E-state index >= 15 is 0 Å². The summed E-state index contributed by atoms with van der Waals surface area (Å²) in [7, 11) is 0. The lowest BCUT2D eigenvalue weighted by Crippen LogP contribution is -2.48. The highest BCUT2D eigenvalue weighted by atomic mass is 16.4. The quantitative estimate of drug-likeness (QED) is 0.922. The highest BCUT2D eigenvalue weighted by Crippen LogP contribution is 2.23. The summed E-state index contributed by atoms with van der Waals surface area (Å²) in [6.45, 7) is 4.17. The van der Waals surface area contributed by atoms with Crippen LogP contribution in [-0.2, 0) is 11.2 Å². The predicted octanol–water partition coefficient (Wildman–Crippen LogP) is 2.72. The molecule has 0 aromatic heterocycles. The normalized spacial score (nSPS) is 22.6. The molecule has 1 aliphatic heterocycles. The lowest BCUT2D eigenvalue weighted by molar-refractivity contribution is -0.136. The Morgan fingerprint density at radius 1 is 1.25 bits per heavy atom. The van der Waals surface area contributed by atoms with Gasteiger partial charge in [-0.3, -0.25) is 4.79 Å².